The number of rotatable bonds is 4. The molecule has 4 nitrogen and oxygen atoms in total. The van der Waals surface area contributed by atoms with Crippen LogP contribution in [0, 0.1) is 0 Å². The molecule has 0 bridgehead atoms. The maximum absolute atomic E-state index is 9.66. The quantitative estimate of drug-likeness (QED) is 0.937. The second-order valence-corrected chi connectivity index (χ2v) is 5.46. The van der Waals surface area contributed by atoms with Crippen LogP contribution >= 0.6 is 0 Å². The van der Waals surface area contributed by atoms with Crippen LogP contribution in [0.5, 0.6) is 11.5 Å². The summed E-state index contributed by atoms with van der Waals surface area (Å²) < 4.78 is 10.8. The predicted octanol–water partition coefficient (Wildman–Crippen LogP) is 2.64. The lowest BCUT2D eigenvalue weighted by atomic mass is 9.97. The van der Waals surface area contributed by atoms with Gasteiger partial charge in [0.2, 0.25) is 6.79 Å². The van der Waals surface area contributed by atoms with E-state index in [1.54, 1.807) is 0 Å². The topological polar surface area (TPSA) is 41.9 Å². The molecule has 1 N–H and O–H groups in total. The van der Waals surface area contributed by atoms with Crippen LogP contribution in [0.4, 0.5) is 0 Å². The zero-order valence-electron chi connectivity index (χ0n) is 12.3. The molecule has 0 saturated heterocycles. The first kappa shape index (κ1) is 13.9. The monoisotopic (exact) mass is 285 g/mol. The van der Waals surface area contributed by atoms with E-state index in [-0.39, 0.29) is 13.4 Å². The predicted molar refractivity (Wildman–Crippen MR) is 81.3 cm³/mol. The standard InChI is InChI=1S/C17H19NO3/c1-18(2)9-12-3-5-15(14(7-12)10-19)13-4-6-16-17(8-13)21-11-20-16/h3-8,19H,9-11H2,1-2H3. The Labute approximate surface area is 124 Å². The molecule has 4 heteroatoms. The molecule has 1 aliphatic rings. The van der Waals surface area contributed by atoms with Crippen molar-refractivity contribution in [1.29, 1.82) is 0 Å². The van der Waals surface area contributed by atoms with Gasteiger partial charge in [-0.2, -0.15) is 0 Å². The Bertz CT molecular complexity index is 652. The number of fused-ring (bicyclic) bond motifs is 1. The van der Waals surface area contributed by atoms with Crippen molar-refractivity contribution in [2.75, 3.05) is 20.9 Å². The zero-order valence-corrected chi connectivity index (χ0v) is 12.3. The van der Waals surface area contributed by atoms with Crippen molar-refractivity contribution in [2.45, 2.75) is 13.2 Å². The van der Waals surface area contributed by atoms with Gasteiger partial charge in [0.15, 0.2) is 11.5 Å². The van der Waals surface area contributed by atoms with E-state index in [1.165, 1.54) is 5.56 Å². The molecule has 110 valence electrons. The fraction of sp³-hybridized carbons (Fsp3) is 0.294. The molecule has 1 heterocycles. The van der Waals surface area contributed by atoms with Gasteiger partial charge in [0.05, 0.1) is 6.61 Å². The van der Waals surface area contributed by atoms with Crippen LogP contribution in [0.25, 0.3) is 11.1 Å². The van der Waals surface area contributed by atoms with Crippen LogP contribution < -0.4 is 9.47 Å². The summed E-state index contributed by atoms with van der Waals surface area (Å²) >= 11 is 0. The fourth-order valence-corrected chi connectivity index (χ4v) is 2.59. The van der Waals surface area contributed by atoms with E-state index in [2.05, 4.69) is 23.1 Å². The lowest BCUT2D eigenvalue weighted by molar-refractivity contribution is 0.174. The van der Waals surface area contributed by atoms with Crippen molar-refractivity contribution < 1.29 is 14.6 Å². The average molecular weight is 285 g/mol. The molecule has 1 aliphatic heterocycles. The number of ether oxygens (including phenoxy) is 2. The number of hydrogen-bond acceptors (Lipinski definition) is 4. The zero-order chi connectivity index (χ0) is 14.8. The minimum Gasteiger partial charge on any atom is -0.454 e. The summed E-state index contributed by atoms with van der Waals surface area (Å²) in [6.45, 7) is 1.15. The Balaban J connectivity index is 1.98. The van der Waals surface area contributed by atoms with E-state index in [9.17, 15) is 5.11 Å². The molecule has 0 radical (unpaired) electrons. The van der Waals surface area contributed by atoms with Crippen molar-refractivity contribution in [3.05, 3.63) is 47.5 Å². The minimum atomic E-state index is 0.0189. The van der Waals surface area contributed by atoms with Crippen molar-refractivity contribution in [1.82, 2.24) is 4.90 Å². The van der Waals surface area contributed by atoms with Gasteiger partial charge in [-0.1, -0.05) is 24.3 Å². The molecule has 2 aromatic rings. The minimum absolute atomic E-state index is 0.0189. The Morgan fingerprint density at radius 1 is 1.05 bits per heavy atom. The number of nitrogens with zero attached hydrogens (tertiary/aromatic N) is 1. The van der Waals surface area contributed by atoms with Crippen LogP contribution in [0.2, 0.25) is 0 Å². The Morgan fingerprint density at radius 3 is 2.62 bits per heavy atom. The molecule has 0 fully saturated rings. The molecule has 0 atom stereocenters. The van der Waals surface area contributed by atoms with E-state index < -0.39 is 0 Å². The van der Waals surface area contributed by atoms with Gasteiger partial charge in [0.25, 0.3) is 0 Å². The van der Waals surface area contributed by atoms with Gasteiger partial charge < -0.3 is 19.5 Å². The summed E-state index contributed by atoms with van der Waals surface area (Å²) in [5.74, 6) is 1.53. The summed E-state index contributed by atoms with van der Waals surface area (Å²) in [6, 6.07) is 12.1. The molecule has 0 saturated carbocycles. The summed E-state index contributed by atoms with van der Waals surface area (Å²) in [5, 5.41) is 9.66. The van der Waals surface area contributed by atoms with Gasteiger partial charge in [-0.05, 0) is 48.5 Å². The van der Waals surface area contributed by atoms with Crippen molar-refractivity contribution in [3.8, 4) is 22.6 Å². The number of aliphatic hydroxyl groups is 1. The van der Waals surface area contributed by atoms with Gasteiger partial charge in [-0.25, -0.2) is 0 Å². The van der Waals surface area contributed by atoms with Gasteiger partial charge >= 0.3 is 0 Å². The van der Waals surface area contributed by atoms with Crippen LogP contribution in [-0.2, 0) is 13.2 Å². The van der Waals surface area contributed by atoms with Gasteiger partial charge in [-0.3, -0.25) is 0 Å². The number of benzene rings is 2. The Kier molecular flexibility index (Phi) is 3.82. The van der Waals surface area contributed by atoms with E-state index >= 15 is 0 Å². The normalized spacial score (nSPS) is 13.0. The smallest absolute Gasteiger partial charge is 0.231 e. The summed E-state index contributed by atoms with van der Waals surface area (Å²) in [5.41, 5.74) is 4.17. The van der Waals surface area contributed by atoms with Crippen LogP contribution in [0.3, 0.4) is 0 Å². The first-order valence-corrected chi connectivity index (χ1v) is 6.95. The third kappa shape index (κ3) is 2.86. The summed E-state index contributed by atoms with van der Waals surface area (Å²) in [4.78, 5) is 2.11. The molecule has 0 aliphatic carbocycles. The molecular weight excluding hydrogens is 266 g/mol. The molecule has 21 heavy (non-hydrogen) atoms. The molecule has 0 amide bonds. The molecule has 0 aromatic heterocycles. The third-order valence-electron chi connectivity index (χ3n) is 3.52. The van der Waals surface area contributed by atoms with Gasteiger partial charge in [0.1, 0.15) is 0 Å². The van der Waals surface area contributed by atoms with Crippen LogP contribution in [0.1, 0.15) is 11.1 Å². The number of aliphatic hydroxyl groups excluding tert-OH is 1. The first-order chi connectivity index (χ1) is 10.2. The summed E-state index contributed by atoms with van der Waals surface area (Å²) in [7, 11) is 4.06. The molecular formula is C17H19NO3. The van der Waals surface area contributed by atoms with Crippen LogP contribution in [0.15, 0.2) is 36.4 Å². The molecule has 3 rings (SSSR count). The molecule has 0 spiro atoms. The second kappa shape index (κ2) is 5.76. The second-order valence-electron chi connectivity index (χ2n) is 5.46. The average Bonchev–Trinajstić information content (AvgIpc) is 2.93. The van der Waals surface area contributed by atoms with Crippen molar-refractivity contribution >= 4 is 0 Å². The van der Waals surface area contributed by atoms with Gasteiger partial charge in [0, 0.05) is 6.54 Å². The largest absolute Gasteiger partial charge is 0.454 e. The Hall–Kier alpha value is -2.04. The SMILES string of the molecule is CN(C)Cc1ccc(-c2ccc3c(c2)OCO3)c(CO)c1. The van der Waals surface area contributed by atoms with E-state index in [0.717, 1.165) is 34.7 Å². The third-order valence-corrected chi connectivity index (χ3v) is 3.52. The molecule has 0 unspecified atom stereocenters. The van der Waals surface area contributed by atoms with E-state index in [4.69, 9.17) is 9.47 Å². The van der Waals surface area contributed by atoms with Crippen LogP contribution in [-0.4, -0.2) is 30.9 Å². The molecule has 2 aromatic carbocycles. The highest BCUT2D eigenvalue weighted by molar-refractivity contribution is 5.71. The maximum Gasteiger partial charge on any atom is 0.231 e. The van der Waals surface area contributed by atoms with Gasteiger partial charge in [-0.15, -0.1) is 0 Å². The highest BCUT2D eigenvalue weighted by atomic mass is 16.7. The fourth-order valence-electron chi connectivity index (χ4n) is 2.59. The lowest BCUT2D eigenvalue weighted by Gasteiger charge is -2.14. The summed E-state index contributed by atoms with van der Waals surface area (Å²) in [6.07, 6.45) is 0. The number of hydrogen-bond donors (Lipinski definition) is 1. The Morgan fingerprint density at radius 2 is 1.86 bits per heavy atom. The lowest BCUT2D eigenvalue weighted by Crippen LogP contribution is -2.10. The first-order valence-electron chi connectivity index (χ1n) is 6.95. The highest BCUT2D eigenvalue weighted by Gasteiger charge is 2.15. The van der Waals surface area contributed by atoms with E-state index in [1.807, 2.05) is 32.3 Å². The van der Waals surface area contributed by atoms with E-state index in [0.29, 0.717) is 0 Å². The highest BCUT2D eigenvalue weighted by Crippen LogP contribution is 2.37. The van der Waals surface area contributed by atoms with Crippen molar-refractivity contribution in [2.24, 2.45) is 0 Å². The maximum atomic E-state index is 9.66. The van der Waals surface area contributed by atoms with Crippen molar-refractivity contribution in [3.63, 3.8) is 0 Å².